The zero-order valence-corrected chi connectivity index (χ0v) is 17.6. The van der Waals surface area contributed by atoms with Gasteiger partial charge in [0.1, 0.15) is 6.61 Å². The predicted octanol–water partition coefficient (Wildman–Crippen LogP) is 5.73. The van der Waals surface area contributed by atoms with Gasteiger partial charge in [0.2, 0.25) is 0 Å². The van der Waals surface area contributed by atoms with Crippen LogP contribution in [0, 0.1) is 6.92 Å². The van der Waals surface area contributed by atoms with E-state index in [4.69, 9.17) is 4.74 Å². The van der Waals surface area contributed by atoms with Gasteiger partial charge in [-0.1, -0.05) is 42.5 Å². The number of rotatable bonds is 7. The smallest absolute Gasteiger partial charge is 0.411 e. The third kappa shape index (κ3) is 4.83. The highest BCUT2D eigenvalue weighted by atomic mass is 32.2. The van der Waals surface area contributed by atoms with Crippen LogP contribution in [0.4, 0.5) is 10.5 Å². The van der Waals surface area contributed by atoms with Gasteiger partial charge in [0.25, 0.3) is 0 Å². The molecule has 0 saturated heterocycles. The first-order valence-electron chi connectivity index (χ1n) is 9.81. The van der Waals surface area contributed by atoms with E-state index in [9.17, 15) is 4.79 Å². The van der Waals surface area contributed by atoms with Gasteiger partial charge in [0, 0.05) is 22.9 Å². The van der Waals surface area contributed by atoms with Crippen LogP contribution in [-0.2, 0) is 11.3 Å². The Bertz CT molecular complexity index is 1140. The molecule has 1 N–H and O–H groups in total. The number of ether oxygens (including phenoxy) is 1. The number of fused-ring (bicyclic) bond motifs is 1. The molecule has 0 aliphatic rings. The van der Waals surface area contributed by atoms with Crippen molar-refractivity contribution in [3.8, 4) is 0 Å². The minimum Gasteiger partial charge on any atom is -0.448 e. The molecule has 3 aromatic carbocycles. The summed E-state index contributed by atoms with van der Waals surface area (Å²) in [6.45, 7) is 3.26. The van der Waals surface area contributed by atoms with E-state index in [-0.39, 0.29) is 0 Å². The van der Waals surface area contributed by atoms with Crippen LogP contribution in [0.2, 0.25) is 0 Å². The minimum atomic E-state index is -0.431. The van der Waals surface area contributed by atoms with Gasteiger partial charge in [0.15, 0.2) is 0 Å². The summed E-state index contributed by atoms with van der Waals surface area (Å²) in [6.07, 6.45) is 1.46. The van der Waals surface area contributed by atoms with Crippen molar-refractivity contribution in [2.75, 3.05) is 17.7 Å². The molecule has 1 aromatic heterocycles. The Morgan fingerprint density at radius 1 is 1.03 bits per heavy atom. The van der Waals surface area contributed by atoms with Crippen LogP contribution >= 0.6 is 11.8 Å². The normalized spacial score (nSPS) is 10.8. The van der Waals surface area contributed by atoms with Gasteiger partial charge in [-0.05, 0) is 48.4 Å². The first kappa shape index (κ1) is 20.0. The SMILES string of the molecule is Cc1c(Cn2cnc3ccccc32)cccc1SCCOC(=O)Nc1ccccc1. The molecule has 152 valence electrons. The molecular weight excluding hydrogens is 394 g/mol. The molecule has 0 aliphatic heterocycles. The Labute approximate surface area is 180 Å². The van der Waals surface area contributed by atoms with Crippen molar-refractivity contribution >= 4 is 34.6 Å². The van der Waals surface area contributed by atoms with Crippen molar-refractivity contribution in [1.82, 2.24) is 9.55 Å². The van der Waals surface area contributed by atoms with Crippen LogP contribution in [0.3, 0.4) is 0 Å². The molecule has 30 heavy (non-hydrogen) atoms. The number of imidazole rings is 1. The molecule has 1 heterocycles. The second kappa shape index (κ2) is 9.50. The van der Waals surface area contributed by atoms with E-state index in [2.05, 4.69) is 46.1 Å². The lowest BCUT2D eigenvalue weighted by Crippen LogP contribution is -2.15. The van der Waals surface area contributed by atoms with E-state index in [1.807, 2.05) is 54.9 Å². The Morgan fingerprint density at radius 2 is 1.83 bits per heavy atom. The maximum absolute atomic E-state index is 11.9. The Morgan fingerprint density at radius 3 is 2.70 bits per heavy atom. The van der Waals surface area contributed by atoms with Crippen molar-refractivity contribution in [3.63, 3.8) is 0 Å². The highest BCUT2D eigenvalue weighted by molar-refractivity contribution is 7.99. The number of thioether (sulfide) groups is 1. The number of benzene rings is 3. The van der Waals surface area contributed by atoms with E-state index in [0.29, 0.717) is 12.4 Å². The molecule has 0 atom stereocenters. The molecule has 0 bridgehead atoms. The topological polar surface area (TPSA) is 56.2 Å². The number of aromatic nitrogens is 2. The molecule has 0 saturated carbocycles. The molecule has 4 rings (SSSR count). The second-order valence-corrected chi connectivity index (χ2v) is 8.01. The lowest BCUT2D eigenvalue weighted by atomic mass is 10.1. The third-order valence-corrected chi connectivity index (χ3v) is 5.98. The third-order valence-electron chi connectivity index (χ3n) is 4.86. The number of anilines is 1. The number of amides is 1. The molecule has 0 radical (unpaired) electrons. The molecule has 5 nitrogen and oxygen atoms in total. The average Bonchev–Trinajstić information content (AvgIpc) is 3.17. The fourth-order valence-electron chi connectivity index (χ4n) is 3.27. The minimum absolute atomic E-state index is 0.346. The van der Waals surface area contributed by atoms with Crippen molar-refractivity contribution in [3.05, 3.63) is 90.3 Å². The van der Waals surface area contributed by atoms with Crippen molar-refractivity contribution in [1.29, 1.82) is 0 Å². The summed E-state index contributed by atoms with van der Waals surface area (Å²) in [5, 5.41) is 2.72. The van der Waals surface area contributed by atoms with Gasteiger partial charge in [0.05, 0.1) is 17.4 Å². The van der Waals surface area contributed by atoms with E-state index in [1.165, 1.54) is 16.0 Å². The molecule has 4 aromatic rings. The summed E-state index contributed by atoms with van der Waals surface area (Å²) < 4.78 is 7.46. The second-order valence-electron chi connectivity index (χ2n) is 6.88. The van der Waals surface area contributed by atoms with Crippen molar-refractivity contribution in [2.24, 2.45) is 0 Å². The van der Waals surface area contributed by atoms with Crippen molar-refractivity contribution in [2.45, 2.75) is 18.4 Å². The van der Waals surface area contributed by atoms with Gasteiger partial charge < -0.3 is 9.30 Å². The molecule has 0 unspecified atom stereocenters. The Hall–Kier alpha value is -3.25. The lowest BCUT2D eigenvalue weighted by Gasteiger charge is -2.12. The van der Waals surface area contributed by atoms with Crippen molar-refractivity contribution < 1.29 is 9.53 Å². The molecule has 0 fully saturated rings. The monoisotopic (exact) mass is 417 g/mol. The molecule has 0 spiro atoms. The zero-order chi connectivity index (χ0) is 20.8. The fourth-order valence-corrected chi connectivity index (χ4v) is 4.18. The summed E-state index contributed by atoms with van der Waals surface area (Å²) >= 11 is 1.70. The van der Waals surface area contributed by atoms with Gasteiger partial charge in [-0.15, -0.1) is 11.8 Å². The van der Waals surface area contributed by atoms with E-state index in [1.54, 1.807) is 11.8 Å². The van der Waals surface area contributed by atoms with Gasteiger partial charge in [-0.2, -0.15) is 0 Å². The first-order valence-corrected chi connectivity index (χ1v) is 10.8. The largest absolute Gasteiger partial charge is 0.448 e. The molecule has 0 aliphatic carbocycles. The van der Waals surface area contributed by atoms with Crippen LogP contribution in [0.1, 0.15) is 11.1 Å². The number of nitrogens with zero attached hydrogens (tertiary/aromatic N) is 2. The standard InChI is InChI=1S/C24H23N3O2S/c1-18-19(16-27-17-25-21-11-5-6-12-22(21)27)8-7-13-23(18)30-15-14-29-24(28)26-20-9-3-2-4-10-20/h2-13,17H,14-16H2,1H3,(H,26,28). The van der Waals surface area contributed by atoms with E-state index < -0.39 is 6.09 Å². The number of para-hydroxylation sites is 3. The van der Waals surface area contributed by atoms with Gasteiger partial charge in [-0.25, -0.2) is 9.78 Å². The zero-order valence-electron chi connectivity index (χ0n) is 16.7. The maximum atomic E-state index is 11.9. The maximum Gasteiger partial charge on any atom is 0.411 e. The number of hydrogen-bond donors (Lipinski definition) is 1. The average molecular weight is 418 g/mol. The first-order chi connectivity index (χ1) is 14.7. The highest BCUT2D eigenvalue weighted by Gasteiger charge is 2.09. The quantitative estimate of drug-likeness (QED) is 0.308. The number of hydrogen-bond acceptors (Lipinski definition) is 4. The summed E-state index contributed by atoms with van der Waals surface area (Å²) in [4.78, 5) is 17.6. The summed E-state index contributed by atoms with van der Waals surface area (Å²) in [5.41, 5.74) is 5.37. The van der Waals surface area contributed by atoms with Crippen LogP contribution in [0.25, 0.3) is 11.0 Å². The number of carbonyl (C=O) groups excluding carboxylic acids is 1. The summed E-state index contributed by atoms with van der Waals surface area (Å²) in [5.74, 6) is 0.695. The highest BCUT2D eigenvalue weighted by Crippen LogP contribution is 2.26. The molecule has 1 amide bonds. The molecule has 6 heteroatoms. The Kier molecular flexibility index (Phi) is 6.35. The Balaban J connectivity index is 1.32. The van der Waals surface area contributed by atoms with Crippen LogP contribution < -0.4 is 5.32 Å². The summed E-state index contributed by atoms with van der Waals surface area (Å²) in [6, 6.07) is 23.8. The number of carbonyl (C=O) groups is 1. The fraction of sp³-hybridized carbons (Fsp3) is 0.167. The molecular formula is C24H23N3O2S. The van der Waals surface area contributed by atoms with Gasteiger partial charge >= 0.3 is 6.09 Å². The van der Waals surface area contributed by atoms with Crippen LogP contribution in [-0.4, -0.2) is 28.0 Å². The summed E-state index contributed by atoms with van der Waals surface area (Å²) in [7, 11) is 0. The predicted molar refractivity (Wildman–Crippen MR) is 122 cm³/mol. The van der Waals surface area contributed by atoms with E-state index in [0.717, 1.165) is 23.3 Å². The van der Waals surface area contributed by atoms with Crippen LogP contribution in [0.5, 0.6) is 0 Å². The van der Waals surface area contributed by atoms with Gasteiger partial charge in [-0.3, -0.25) is 5.32 Å². The van der Waals surface area contributed by atoms with Crippen LogP contribution in [0.15, 0.2) is 84.0 Å². The number of nitrogens with one attached hydrogen (secondary N) is 1. The lowest BCUT2D eigenvalue weighted by molar-refractivity contribution is 0.169. The van der Waals surface area contributed by atoms with E-state index >= 15 is 0 Å².